The molecule has 0 radical (unpaired) electrons. The third-order valence-electron chi connectivity index (χ3n) is 3.63. The van der Waals surface area contributed by atoms with Gasteiger partial charge in [-0.05, 0) is 6.42 Å². The first-order chi connectivity index (χ1) is 10.3. The maximum absolute atomic E-state index is 14.3. The second kappa shape index (κ2) is 5.54. The Hall–Kier alpha value is -1.61. The second-order valence-electron chi connectivity index (χ2n) is 5.22. The lowest BCUT2D eigenvalue weighted by atomic mass is 10.2. The van der Waals surface area contributed by atoms with Gasteiger partial charge in [0.05, 0.1) is 18.5 Å². The van der Waals surface area contributed by atoms with Gasteiger partial charge in [-0.15, -0.1) is 0 Å². The van der Waals surface area contributed by atoms with E-state index in [0.717, 1.165) is 0 Å². The molecule has 0 aromatic carbocycles. The number of nitrogens with zero attached hydrogens (tertiary/aromatic N) is 4. The number of hydrogen-bond donors (Lipinski definition) is 3. The molecule has 3 rings (SSSR count). The highest BCUT2D eigenvalue weighted by molar-refractivity contribution is 7.51. The quantitative estimate of drug-likeness (QED) is 0.693. The number of hydrogen-bond acceptors (Lipinski definition) is 6. The lowest BCUT2D eigenvalue weighted by molar-refractivity contribution is 0.0744. The fourth-order valence-corrected chi connectivity index (χ4v) is 3.07. The molecule has 2 aromatic rings. The summed E-state index contributed by atoms with van der Waals surface area (Å²) >= 11 is 0. The number of nitrogens with two attached hydrogens (primary N) is 1. The molecule has 2 aromatic heterocycles. The van der Waals surface area contributed by atoms with Crippen LogP contribution >= 0.6 is 7.60 Å². The second-order valence-corrected chi connectivity index (χ2v) is 6.81. The number of halogens is 1. The zero-order chi connectivity index (χ0) is 15.9. The van der Waals surface area contributed by atoms with Gasteiger partial charge in [0.2, 0.25) is 0 Å². The predicted octanol–water partition coefficient (Wildman–Crippen LogP) is 0.602. The molecule has 2 heterocycles. The Morgan fingerprint density at radius 2 is 2.18 bits per heavy atom. The molecule has 0 saturated heterocycles. The van der Waals surface area contributed by atoms with Gasteiger partial charge in [0.15, 0.2) is 11.5 Å². The smallest absolute Gasteiger partial charge is 0.350 e. The molecule has 1 aliphatic carbocycles. The largest absolute Gasteiger partial charge is 0.382 e. The van der Waals surface area contributed by atoms with E-state index in [-0.39, 0.29) is 18.7 Å². The highest BCUT2D eigenvalue weighted by Gasteiger charge is 2.38. The molecule has 0 bridgehead atoms. The van der Waals surface area contributed by atoms with Crippen molar-refractivity contribution in [2.75, 3.05) is 12.1 Å². The third kappa shape index (κ3) is 2.95. The number of aromatic nitrogens is 4. The average molecular weight is 331 g/mol. The number of fused-ring (bicyclic) bond motifs is 1. The minimum atomic E-state index is -4.26. The first-order valence-electron chi connectivity index (χ1n) is 6.58. The van der Waals surface area contributed by atoms with Crippen molar-refractivity contribution in [3.8, 4) is 0 Å². The van der Waals surface area contributed by atoms with Crippen LogP contribution in [0, 0.1) is 0 Å². The Kier molecular flexibility index (Phi) is 3.85. The topological polar surface area (TPSA) is 136 Å². The van der Waals surface area contributed by atoms with Crippen LogP contribution in [0.1, 0.15) is 18.9 Å². The molecule has 120 valence electrons. The molecule has 1 unspecified atom stereocenters. The molecule has 0 aliphatic heterocycles. The zero-order valence-electron chi connectivity index (χ0n) is 11.4. The average Bonchev–Trinajstić information content (AvgIpc) is 3.00. The van der Waals surface area contributed by atoms with E-state index in [1.54, 1.807) is 4.57 Å². The van der Waals surface area contributed by atoms with E-state index in [4.69, 9.17) is 20.3 Å². The summed E-state index contributed by atoms with van der Waals surface area (Å²) < 4.78 is 31.7. The van der Waals surface area contributed by atoms with E-state index < -0.39 is 32.3 Å². The zero-order valence-corrected chi connectivity index (χ0v) is 12.3. The highest BCUT2D eigenvalue weighted by Crippen LogP contribution is 2.40. The molecular formula is C11H15FN5O4P. The summed E-state index contributed by atoms with van der Waals surface area (Å²) in [5.41, 5.74) is 6.52. The van der Waals surface area contributed by atoms with Crippen LogP contribution < -0.4 is 5.73 Å². The molecular weight excluding hydrogens is 316 g/mol. The van der Waals surface area contributed by atoms with Crippen molar-refractivity contribution in [2.45, 2.75) is 31.2 Å². The molecule has 1 saturated carbocycles. The lowest BCUT2D eigenvalue weighted by Gasteiger charge is -2.15. The van der Waals surface area contributed by atoms with Gasteiger partial charge in [-0.25, -0.2) is 19.3 Å². The summed E-state index contributed by atoms with van der Waals surface area (Å²) in [6.07, 6.45) is 0.552. The molecule has 1 fully saturated rings. The van der Waals surface area contributed by atoms with Gasteiger partial charge in [-0.3, -0.25) is 4.57 Å². The predicted molar refractivity (Wildman–Crippen MR) is 74.7 cm³/mol. The van der Waals surface area contributed by atoms with E-state index >= 15 is 0 Å². The van der Waals surface area contributed by atoms with Crippen LogP contribution in [0.4, 0.5) is 10.2 Å². The van der Waals surface area contributed by atoms with Gasteiger partial charge in [0.25, 0.3) is 0 Å². The molecule has 3 atom stereocenters. The fourth-order valence-electron chi connectivity index (χ4n) is 2.66. The number of anilines is 1. The Morgan fingerprint density at radius 1 is 1.41 bits per heavy atom. The number of rotatable bonds is 4. The van der Waals surface area contributed by atoms with E-state index in [9.17, 15) is 8.96 Å². The minimum absolute atomic E-state index is 0.0604. The number of imidazole rings is 1. The summed E-state index contributed by atoms with van der Waals surface area (Å²) in [5, 5.41) is 0. The standard InChI is InChI=1S/C11H15FN5O4P/c12-7-1-6(21-5-22(18,19)20)2-8(7)17-4-16-9-10(13)14-3-15-11(9)17/h3-4,6-8H,1-2,5H2,(H2,13,14,15)(H2,18,19,20)/t6-,7?,8-/m1/s1. The Morgan fingerprint density at radius 3 is 2.91 bits per heavy atom. The summed E-state index contributed by atoms with van der Waals surface area (Å²) in [4.78, 5) is 29.6. The van der Waals surface area contributed by atoms with Crippen LogP contribution in [0.15, 0.2) is 12.7 Å². The van der Waals surface area contributed by atoms with E-state index in [1.165, 1.54) is 12.7 Å². The van der Waals surface area contributed by atoms with Crippen molar-refractivity contribution in [2.24, 2.45) is 0 Å². The van der Waals surface area contributed by atoms with Crippen molar-refractivity contribution < 1.29 is 23.5 Å². The van der Waals surface area contributed by atoms with Crippen LogP contribution in [0.5, 0.6) is 0 Å². The summed E-state index contributed by atoms with van der Waals surface area (Å²) in [7, 11) is -4.26. The third-order valence-corrected chi connectivity index (χ3v) is 4.12. The van der Waals surface area contributed by atoms with E-state index in [1.807, 2.05) is 0 Å². The van der Waals surface area contributed by atoms with E-state index in [0.29, 0.717) is 11.2 Å². The molecule has 22 heavy (non-hydrogen) atoms. The van der Waals surface area contributed by atoms with Crippen LogP contribution in [-0.2, 0) is 9.30 Å². The Bertz CT molecular complexity index is 734. The minimum Gasteiger partial charge on any atom is -0.382 e. The SMILES string of the molecule is Nc1ncnc2c1ncn2[C@@H]1C[C@H](OCP(=O)(O)O)CC1F. The van der Waals surface area contributed by atoms with Crippen molar-refractivity contribution in [1.82, 2.24) is 19.5 Å². The fraction of sp³-hybridized carbons (Fsp3) is 0.545. The maximum atomic E-state index is 14.3. The highest BCUT2D eigenvalue weighted by atomic mass is 31.2. The van der Waals surface area contributed by atoms with Crippen molar-refractivity contribution in [1.29, 1.82) is 0 Å². The van der Waals surface area contributed by atoms with Gasteiger partial charge in [-0.2, -0.15) is 0 Å². The van der Waals surface area contributed by atoms with Gasteiger partial charge in [0, 0.05) is 6.42 Å². The lowest BCUT2D eigenvalue weighted by Crippen LogP contribution is -2.14. The van der Waals surface area contributed by atoms with Gasteiger partial charge in [-0.1, -0.05) is 0 Å². The monoisotopic (exact) mass is 331 g/mol. The first-order valence-corrected chi connectivity index (χ1v) is 8.38. The van der Waals surface area contributed by atoms with Crippen LogP contribution in [-0.4, -0.2) is 47.9 Å². The number of alkyl halides is 1. The normalized spacial score (nSPS) is 25.9. The number of nitrogen functional groups attached to an aromatic ring is 1. The van der Waals surface area contributed by atoms with Crippen LogP contribution in [0.3, 0.4) is 0 Å². The van der Waals surface area contributed by atoms with Gasteiger partial charge >= 0.3 is 7.60 Å². The van der Waals surface area contributed by atoms with Crippen LogP contribution in [0.25, 0.3) is 11.2 Å². The molecule has 0 amide bonds. The Labute approximate surface area is 124 Å². The van der Waals surface area contributed by atoms with E-state index in [2.05, 4.69) is 15.0 Å². The molecule has 11 heteroatoms. The summed E-state index contributed by atoms with van der Waals surface area (Å²) in [5.74, 6) is 0.214. The Balaban J connectivity index is 1.80. The number of ether oxygens (including phenoxy) is 1. The summed E-state index contributed by atoms with van der Waals surface area (Å²) in [6, 6.07) is -0.568. The molecule has 4 N–H and O–H groups in total. The maximum Gasteiger partial charge on any atom is 0.350 e. The first kappa shape index (κ1) is 15.3. The van der Waals surface area contributed by atoms with Gasteiger partial charge in [0.1, 0.15) is 24.4 Å². The van der Waals surface area contributed by atoms with Crippen molar-refractivity contribution in [3.63, 3.8) is 0 Å². The molecule has 1 aliphatic rings. The van der Waals surface area contributed by atoms with Crippen LogP contribution in [0.2, 0.25) is 0 Å². The molecule has 9 nitrogen and oxygen atoms in total. The summed E-state index contributed by atoms with van der Waals surface area (Å²) in [6.45, 7) is 0. The van der Waals surface area contributed by atoms with Crippen molar-refractivity contribution >= 4 is 24.6 Å². The van der Waals surface area contributed by atoms with Gasteiger partial charge < -0.3 is 24.8 Å². The molecule has 0 spiro atoms. The van der Waals surface area contributed by atoms with Crippen molar-refractivity contribution in [3.05, 3.63) is 12.7 Å².